The van der Waals surface area contributed by atoms with Crippen LogP contribution in [0.2, 0.25) is 0 Å². The number of unbranched alkanes of at least 4 members (excludes halogenated alkanes) is 34. The molecule has 1 aliphatic rings. The van der Waals surface area contributed by atoms with Gasteiger partial charge in [-0.25, -0.2) is 0 Å². The molecule has 2 unspecified atom stereocenters. The third kappa shape index (κ3) is 33.8. The highest BCUT2D eigenvalue weighted by atomic mass is 16.7. The van der Waals surface area contributed by atoms with Gasteiger partial charge in [0, 0.05) is 12.8 Å². The van der Waals surface area contributed by atoms with Crippen molar-refractivity contribution in [2.45, 2.75) is 295 Å². The van der Waals surface area contributed by atoms with Gasteiger partial charge in [-0.2, -0.15) is 0 Å². The Morgan fingerprint density at radius 3 is 1.11 bits per heavy atom. The predicted molar refractivity (Wildman–Crippen MR) is 247 cm³/mol. The molecule has 6 atom stereocenters. The summed E-state index contributed by atoms with van der Waals surface area (Å²) in [6.45, 7) is 3.48. The van der Waals surface area contributed by atoms with E-state index >= 15 is 0 Å². The second kappa shape index (κ2) is 42.6. The lowest BCUT2D eigenvalue weighted by Gasteiger charge is -2.39. The summed E-state index contributed by atoms with van der Waals surface area (Å²) in [7, 11) is 0. The van der Waals surface area contributed by atoms with Crippen molar-refractivity contribution < 1.29 is 49.0 Å². The number of ether oxygens (including phenoxy) is 4. The van der Waals surface area contributed by atoms with E-state index in [-0.39, 0.29) is 32.0 Å². The average Bonchev–Trinajstić information content (AvgIpc) is 3.26. The molecule has 61 heavy (non-hydrogen) atoms. The summed E-state index contributed by atoms with van der Waals surface area (Å²) in [6.07, 6.45) is 38.2. The first-order chi connectivity index (χ1) is 29.8. The van der Waals surface area contributed by atoms with Gasteiger partial charge in [-0.05, 0) is 12.8 Å². The number of hydrogen-bond acceptors (Lipinski definition) is 10. The van der Waals surface area contributed by atoms with E-state index in [2.05, 4.69) is 13.8 Å². The highest BCUT2D eigenvalue weighted by Gasteiger charge is 2.44. The lowest BCUT2D eigenvalue weighted by molar-refractivity contribution is -0.305. The van der Waals surface area contributed by atoms with Gasteiger partial charge in [0.25, 0.3) is 0 Å². The zero-order valence-corrected chi connectivity index (χ0v) is 39.7. The van der Waals surface area contributed by atoms with Crippen molar-refractivity contribution in [2.24, 2.45) is 0 Å². The number of rotatable bonds is 45. The van der Waals surface area contributed by atoms with Crippen molar-refractivity contribution in [2.75, 3.05) is 19.8 Å². The van der Waals surface area contributed by atoms with Gasteiger partial charge in [-0.15, -0.1) is 0 Å². The monoisotopic (exact) mass is 871 g/mol. The van der Waals surface area contributed by atoms with E-state index in [1.807, 2.05) is 0 Å². The zero-order valence-electron chi connectivity index (χ0n) is 39.7. The maximum Gasteiger partial charge on any atom is 0.306 e. The maximum atomic E-state index is 12.8. The van der Waals surface area contributed by atoms with Crippen LogP contribution in [0.25, 0.3) is 0 Å². The minimum absolute atomic E-state index is 0.208. The fourth-order valence-corrected chi connectivity index (χ4v) is 8.37. The Morgan fingerprint density at radius 2 is 0.770 bits per heavy atom. The Morgan fingerprint density at radius 1 is 0.443 bits per heavy atom. The minimum atomic E-state index is -1.59. The Labute approximate surface area is 374 Å². The predicted octanol–water partition coefficient (Wildman–Crippen LogP) is 12.1. The lowest BCUT2D eigenvalue weighted by atomic mass is 9.99. The first-order valence-electron chi connectivity index (χ1n) is 26.1. The molecule has 0 aromatic rings. The van der Waals surface area contributed by atoms with Gasteiger partial charge in [0.2, 0.25) is 0 Å². The van der Waals surface area contributed by atoms with Crippen LogP contribution in [0, 0.1) is 0 Å². The molecule has 1 saturated heterocycles. The number of carbonyl (C=O) groups is 2. The van der Waals surface area contributed by atoms with Crippen LogP contribution in [-0.4, -0.2) is 89.0 Å². The molecule has 0 aliphatic carbocycles. The molecule has 1 heterocycles. The number of carbonyl (C=O) groups excluding carboxylic acids is 2. The fourth-order valence-electron chi connectivity index (χ4n) is 8.37. The van der Waals surface area contributed by atoms with E-state index in [0.717, 1.165) is 32.1 Å². The molecular formula is C51H98O10. The normalized spacial score (nSPS) is 19.6. The summed E-state index contributed by atoms with van der Waals surface area (Å²) in [5.41, 5.74) is 0. The molecule has 0 radical (unpaired) electrons. The number of hydrogen-bond donors (Lipinski definition) is 4. The summed E-state index contributed by atoms with van der Waals surface area (Å²) in [4.78, 5) is 25.4. The van der Waals surface area contributed by atoms with Gasteiger partial charge >= 0.3 is 11.9 Å². The smallest absolute Gasteiger partial charge is 0.306 e. The number of aliphatic hydroxyl groups is 4. The Bertz CT molecular complexity index is 964. The van der Waals surface area contributed by atoms with Crippen molar-refractivity contribution in [3.8, 4) is 0 Å². The zero-order chi connectivity index (χ0) is 44.4. The van der Waals surface area contributed by atoms with Crippen LogP contribution in [0.3, 0.4) is 0 Å². The minimum Gasteiger partial charge on any atom is -0.462 e. The van der Waals surface area contributed by atoms with Crippen LogP contribution in [0.1, 0.15) is 258 Å². The van der Waals surface area contributed by atoms with E-state index in [4.69, 9.17) is 18.9 Å². The number of aliphatic hydroxyl groups excluding tert-OH is 4. The maximum absolute atomic E-state index is 12.8. The van der Waals surface area contributed by atoms with Crippen LogP contribution in [0.5, 0.6) is 0 Å². The van der Waals surface area contributed by atoms with Crippen molar-refractivity contribution in [3.63, 3.8) is 0 Å². The van der Waals surface area contributed by atoms with Gasteiger partial charge in [0.1, 0.15) is 31.0 Å². The fraction of sp³-hybridized carbons (Fsp3) is 0.961. The third-order valence-electron chi connectivity index (χ3n) is 12.5. The quantitative estimate of drug-likeness (QED) is 0.0344. The molecule has 0 saturated carbocycles. The topological polar surface area (TPSA) is 152 Å². The average molecular weight is 871 g/mol. The van der Waals surface area contributed by atoms with Crippen LogP contribution in [0.15, 0.2) is 0 Å². The SMILES string of the molecule is CCCCCCCCCCCCCCCCCCCCCCC(=O)O[C@H](COC(=O)CCCCCCCCCCCCCCCCCC)CO[C@@H]1O[C@H](CO)[C@H](O)C(O)C1O. The molecule has 0 spiro atoms. The first kappa shape index (κ1) is 57.7. The van der Waals surface area contributed by atoms with Gasteiger partial charge in [0.15, 0.2) is 12.4 Å². The molecule has 1 aliphatic heterocycles. The summed E-state index contributed by atoms with van der Waals surface area (Å²) in [5, 5.41) is 40.2. The standard InChI is InChI=1S/C51H98O10/c1-3-5-7-9-11-13-15-17-19-21-22-23-24-26-28-30-32-34-36-38-40-47(54)60-44(43-59-51-50(57)49(56)48(55)45(41-52)61-51)42-58-46(53)39-37-35-33-31-29-27-25-20-18-16-14-12-10-8-6-4-2/h44-45,48-52,55-57H,3-43H2,1-2H3/t44-,45-,48+,49?,50?,51-/m1/s1. The van der Waals surface area contributed by atoms with E-state index in [1.165, 1.54) is 193 Å². The van der Waals surface area contributed by atoms with E-state index in [0.29, 0.717) is 6.42 Å². The molecule has 362 valence electrons. The van der Waals surface area contributed by atoms with Gasteiger partial charge in [0.05, 0.1) is 13.2 Å². The second-order valence-corrected chi connectivity index (χ2v) is 18.3. The molecule has 0 aromatic heterocycles. The molecule has 10 nitrogen and oxygen atoms in total. The second-order valence-electron chi connectivity index (χ2n) is 18.3. The van der Waals surface area contributed by atoms with Crippen molar-refractivity contribution in [1.29, 1.82) is 0 Å². The van der Waals surface area contributed by atoms with Gasteiger partial charge in [-0.3, -0.25) is 9.59 Å². The highest BCUT2D eigenvalue weighted by molar-refractivity contribution is 5.70. The molecule has 0 amide bonds. The summed E-state index contributed by atoms with van der Waals surface area (Å²) < 4.78 is 22.3. The molecule has 10 heteroatoms. The Kier molecular flexibility index (Phi) is 40.3. The van der Waals surface area contributed by atoms with Gasteiger partial charge < -0.3 is 39.4 Å². The van der Waals surface area contributed by atoms with Crippen molar-refractivity contribution in [3.05, 3.63) is 0 Å². The van der Waals surface area contributed by atoms with E-state index in [9.17, 15) is 30.0 Å². The molecule has 0 aromatic carbocycles. The van der Waals surface area contributed by atoms with E-state index < -0.39 is 49.4 Å². The van der Waals surface area contributed by atoms with Crippen molar-refractivity contribution >= 4 is 11.9 Å². The van der Waals surface area contributed by atoms with Crippen LogP contribution in [-0.2, 0) is 28.5 Å². The third-order valence-corrected chi connectivity index (χ3v) is 12.5. The molecule has 0 bridgehead atoms. The van der Waals surface area contributed by atoms with Crippen molar-refractivity contribution in [1.82, 2.24) is 0 Å². The largest absolute Gasteiger partial charge is 0.462 e. The van der Waals surface area contributed by atoms with Gasteiger partial charge in [-0.1, -0.05) is 232 Å². The molecule has 1 rings (SSSR count). The molecular weight excluding hydrogens is 773 g/mol. The first-order valence-corrected chi connectivity index (χ1v) is 26.1. The highest BCUT2D eigenvalue weighted by Crippen LogP contribution is 2.23. The number of esters is 2. The summed E-state index contributed by atoms with van der Waals surface area (Å²) in [5.74, 6) is -0.785. The van der Waals surface area contributed by atoms with E-state index in [1.54, 1.807) is 0 Å². The molecule has 4 N–H and O–H groups in total. The molecule has 1 fully saturated rings. The lowest BCUT2D eigenvalue weighted by Crippen LogP contribution is -2.59. The Hall–Kier alpha value is -1.30. The Balaban J connectivity index is 2.23. The van der Waals surface area contributed by atoms with Crippen LogP contribution in [0.4, 0.5) is 0 Å². The van der Waals surface area contributed by atoms with Crippen LogP contribution >= 0.6 is 0 Å². The summed E-state index contributed by atoms with van der Waals surface area (Å²) in [6, 6.07) is 0. The summed E-state index contributed by atoms with van der Waals surface area (Å²) >= 11 is 0. The van der Waals surface area contributed by atoms with Crippen LogP contribution < -0.4 is 0 Å².